The first-order valence-corrected chi connectivity index (χ1v) is 4.96. The maximum atomic E-state index is 11.2. The predicted octanol–water partition coefficient (Wildman–Crippen LogP) is 1.26. The molecule has 0 heterocycles. The van der Waals surface area contributed by atoms with E-state index in [0.29, 0.717) is 16.9 Å². The molecule has 0 aliphatic rings. The lowest BCUT2D eigenvalue weighted by Crippen LogP contribution is -2.57. The summed E-state index contributed by atoms with van der Waals surface area (Å²) in [6.07, 6.45) is -2.77. The van der Waals surface area contributed by atoms with E-state index < -0.39 is 17.7 Å². The summed E-state index contributed by atoms with van der Waals surface area (Å²) in [5.74, 6) is 0. The second-order valence-corrected chi connectivity index (χ2v) is 3.67. The minimum Gasteiger partial charge on any atom is -0.464 e. The zero-order valence-corrected chi connectivity index (χ0v) is 9.53. The maximum absolute atomic E-state index is 11.2. The fourth-order valence-electron chi connectivity index (χ4n) is 1.48. The van der Waals surface area contributed by atoms with Crippen LogP contribution in [0.5, 0.6) is 0 Å². The Bertz CT molecular complexity index is 462. The van der Waals surface area contributed by atoms with Crippen molar-refractivity contribution < 1.29 is 24.6 Å². The number of aldehydes is 1. The molecule has 1 rings (SSSR count). The molecule has 18 heavy (non-hydrogen) atoms. The van der Waals surface area contributed by atoms with Gasteiger partial charge in [-0.3, -0.25) is 0 Å². The van der Waals surface area contributed by atoms with E-state index in [1.54, 1.807) is 23.6 Å². The number of nitrogens with one attached hydrogen (secondary N) is 1. The topological polar surface area (TPSA) is 107 Å². The molecule has 96 valence electrons. The standard InChI is InChI=1S/C11H12N2O5/c1-11(7-14,8-5-3-2-4-6-8)13(10(17)18)12-9(15)16/h2-7,12H,1H3,(H,15,16)(H,17,18). The number of benzene rings is 1. The van der Waals surface area contributed by atoms with E-state index in [4.69, 9.17) is 10.2 Å². The zero-order chi connectivity index (χ0) is 13.8. The third kappa shape index (κ3) is 2.57. The van der Waals surface area contributed by atoms with Crippen molar-refractivity contribution in [2.24, 2.45) is 0 Å². The van der Waals surface area contributed by atoms with Gasteiger partial charge in [-0.2, -0.15) is 5.01 Å². The summed E-state index contributed by atoms with van der Waals surface area (Å²) >= 11 is 0. The van der Waals surface area contributed by atoms with Gasteiger partial charge >= 0.3 is 12.2 Å². The molecule has 1 unspecified atom stereocenters. The molecule has 0 bridgehead atoms. The monoisotopic (exact) mass is 252 g/mol. The van der Waals surface area contributed by atoms with Crippen LogP contribution >= 0.6 is 0 Å². The largest absolute Gasteiger partial charge is 0.464 e. The molecule has 0 radical (unpaired) electrons. The number of hydrogen-bond donors (Lipinski definition) is 3. The van der Waals surface area contributed by atoms with E-state index in [1.807, 2.05) is 0 Å². The Labute approximate surface area is 103 Å². The van der Waals surface area contributed by atoms with Gasteiger partial charge in [0.05, 0.1) is 0 Å². The first-order chi connectivity index (χ1) is 8.41. The lowest BCUT2D eigenvalue weighted by atomic mass is 9.93. The van der Waals surface area contributed by atoms with Gasteiger partial charge in [-0.1, -0.05) is 30.3 Å². The van der Waals surface area contributed by atoms with Gasteiger partial charge in [-0.15, -0.1) is 0 Å². The third-order valence-electron chi connectivity index (χ3n) is 2.45. The molecule has 3 N–H and O–H groups in total. The normalized spacial score (nSPS) is 13.2. The number of hydrogen-bond acceptors (Lipinski definition) is 3. The van der Waals surface area contributed by atoms with Gasteiger partial charge in [0.2, 0.25) is 0 Å². The molecule has 0 saturated heterocycles. The van der Waals surface area contributed by atoms with Crippen LogP contribution in [-0.2, 0) is 10.3 Å². The number of hydrazine groups is 1. The van der Waals surface area contributed by atoms with Crippen molar-refractivity contribution in [2.75, 3.05) is 0 Å². The Balaban J connectivity index is 3.23. The Morgan fingerprint density at radius 2 is 1.83 bits per heavy atom. The van der Waals surface area contributed by atoms with Gasteiger partial charge in [-0.05, 0) is 12.5 Å². The van der Waals surface area contributed by atoms with E-state index in [9.17, 15) is 14.4 Å². The number of carbonyl (C=O) groups is 3. The van der Waals surface area contributed by atoms with Crippen LogP contribution in [0.25, 0.3) is 0 Å². The van der Waals surface area contributed by atoms with Crippen molar-refractivity contribution in [3.05, 3.63) is 35.9 Å². The fraction of sp³-hybridized carbons (Fsp3) is 0.182. The van der Waals surface area contributed by atoms with Crippen LogP contribution in [0.3, 0.4) is 0 Å². The van der Waals surface area contributed by atoms with E-state index in [0.717, 1.165) is 0 Å². The number of amides is 2. The minimum atomic E-state index is -1.63. The second-order valence-electron chi connectivity index (χ2n) is 3.67. The van der Waals surface area contributed by atoms with Gasteiger partial charge in [0.1, 0.15) is 5.54 Å². The van der Waals surface area contributed by atoms with Crippen LogP contribution in [0.1, 0.15) is 12.5 Å². The molecule has 0 aromatic heterocycles. The highest BCUT2D eigenvalue weighted by molar-refractivity contribution is 5.79. The van der Waals surface area contributed by atoms with Gasteiger partial charge in [0, 0.05) is 0 Å². The van der Waals surface area contributed by atoms with Crippen LogP contribution in [-0.4, -0.2) is 33.7 Å². The smallest absolute Gasteiger partial charge is 0.427 e. The Morgan fingerprint density at radius 3 is 2.22 bits per heavy atom. The molecular formula is C11H12N2O5. The zero-order valence-electron chi connectivity index (χ0n) is 9.53. The Kier molecular flexibility index (Phi) is 3.88. The van der Waals surface area contributed by atoms with Gasteiger partial charge in [0.25, 0.3) is 0 Å². The van der Waals surface area contributed by atoms with Crippen LogP contribution < -0.4 is 5.43 Å². The summed E-state index contributed by atoms with van der Waals surface area (Å²) in [5, 5.41) is 17.9. The highest BCUT2D eigenvalue weighted by Crippen LogP contribution is 2.24. The van der Waals surface area contributed by atoms with E-state index >= 15 is 0 Å². The molecule has 0 fully saturated rings. The first kappa shape index (κ1) is 13.5. The Hall–Kier alpha value is -2.57. The predicted molar refractivity (Wildman–Crippen MR) is 60.9 cm³/mol. The molecule has 0 aliphatic carbocycles. The van der Waals surface area contributed by atoms with Crippen molar-refractivity contribution in [3.63, 3.8) is 0 Å². The van der Waals surface area contributed by atoms with E-state index in [-0.39, 0.29) is 0 Å². The van der Waals surface area contributed by atoms with E-state index in [1.165, 1.54) is 19.1 Å². The van der Waals surface area contributed by atoms with Gasteiger partial charge < -0.3 is 15.0 Å². The van der Waals surface area contributed by atoms with Crippen LogP contribution in [0.4, 0.5) is 9.59 Å². The minimum absolute atomic E-state index is 0.345. The van der Waals surface area contributed by atoms with Crippen LogP contribution in [0.2, 0.25) is 0 Å². The molecular weight excluding hydrogens is 240 g/mol. The number of nitrogens with zero attached hydrogens (tertiary/aromatic N) is 1. The molecule has 0 aliphatic heterocycles. The average molecular weight is 252 g/mol. The van der Waals surface area contributed by atoms with Crippen molar-refractivity contribution >= 4 is 18.5 Å². The lowest BCUT2D eigenvalue weighted by Gasteiger charge is -2.34. The first-order valence-electron chi connectivity index (χ1n) is 4.96. The molecule has 1 aromatic rings. The average Bonchev–Trinajstić information content (AvgIpc) is 2.35. The number of rotatable bonds is 3. The van der Waals surface area contributed by atoms with Gasteiger partial charge in [-0.25, -0.2) is 15.0 Å². The summed E-state index contributed by atoms with van der Waals surface area (Å²) in [7, 11) is 0. The van der Waals surface area contributed by atoms with Crippen molar-refractivity contribution in [1.82, 2.24) is 10.4 Å². The summed E-state index contributed by atoms with van der Waals surface area (Å²) in [6, 6.07) is 8.02. The molecule has 1 atom stereocenters. The molecule has 0 saturated carbocycles. The van der Waals surface area contributed by atoms with Crippen LogP contribution in [0.15, 0.2) is 30.3 Å². The number of carbonyl (C=O) groups excluding carboxylic acids is 1. The molecule has 7 nitrogen and oxygen atoms in total. The van der Waals surface area contributed by atoms with Crippen LogP contribution in [0, 0.1) is 0 Å². The second kappa shape index (κ2) is 5.17. The van der Waals surface area contributed by atoms with Gasteiger partial charge in [0.15, 0.2) is 6.29 Å². The summed E-state index contributed by atoms with van der Waals surface area (Å²) in [5.41, 5.74) is 0.413. The van der Waals surface area contributed by atoms with Crippen molar-refractivity contribution in [1.29, 1.82) is 0 Å². The molecule has 7 heteroatoms. The maximum Gasteiger partial charge on any atom is 0.427 e. The summed E-state index contributed by atoms with van der Waals surface area (Å²) < 4.78 is 0. The molecule has 0 spiro atoms. The van der Waals surface area contributed by atoms with Crippen molar-refractivity contribution in [2.45, 2.75) is 12.5 Å². The van der Waals surface area contributed by atoms with E-state index in [2.05, 4.69) is 0 Å². The highest BCUT2D eigenvalue weighted by Gasteiger charge is 2.38. The number of carboxylic acid groups (broad SMARTS) is 2. The van der Waals surface area contributed by atoms with Crippen molar-refractivity contribution in [3.8, 4) is 0 Å². The highest BCUT2D eigenvalue weighted by atomic mass is 16.4. The molecule has 1 aromatic carbocycles. The quantitative estimate of drug-likeness (QED) is 0.554. The SMILES string of the molecule is CC(C=O)(c1ccccc1)N(NC(=O)O)C(=O)O. The third-order valence-corrected chi connectivity index (χ3v) is 2.45. The molecule has 2 amide bonds. The summed E-state index contributed by atoms with van der Waals surface area (Å²) in [6.45, 7) is 1.30. The fourth-order valence-corrected chi connectivity index (χ4v) is 1.48. The summed E-state index contributed by atoms with van der Waals surface area (Å²) in [4.78, 5) is 32.8. The Morgan fingerprint density at radius 1 is 1.28 bits per heavy atom. The lowest BCUT2D eigenvalue weighted by molar-refractivity contribution is -0.118.